The molecule has 2 atom stereocenters. The first-order valence-corrected chi connectivity index (χ1v) is 5.56. The molecule has 1 aliphatic rings. The van der Waals surface area contributed by atoms with Crippen molar-refractivity contribution in [1.29, 1.82) is 0 Å². The van der Waals surface area contributed by atoms with Crippen LogP contribution in [0.15, 0.2) is 18.3 Å². The molecule has 0 amide bonds. The summed E-state index contributed by atoms with van der Waals surface area (Å²) in [6, 6.07) is 3.68. The smallest absolute Gasteiger partial charge is 0.363 e. The van der Waals surface area contributed by atoms with Gasteiger partial charge in [-0.15, -0.1) is 0 Å². The molecular formula is C11H15N3O3. The van der Waals surface area contributed by atoms with Gasteiger partial charge in [0.15, 0.2) is 6.20 Å². The van der Waals surface area contributed by atoms with E-state index in [9.17, 15) is 10.1 Å². The molecule has 1 aromatic rings. The Bertz CT molecular complexity index is 397. The summed E-state index contributed by atoms with van der Waals surface area (Å²) in [4.78, 5) is 16.1. The molecule has 1 saturated heterocycles. The van der Waals surface area contributed by atoms with E-state index in [2.05, 4.69) is 23.7 Å². The molecule has 1 fully saturated rings. The number of ether oxygens (including phenoxy) is 1. The monoisotopic (exact) mass is 237 g/mol. The average Bonchev–Trinajstić information content (AvgIpc) is 2.29. The highest BCUT2D eigenvalue weighted by atomic mass is 16.6. The van der Waals surface area contributed by atoms with E-state index in [1.165, 1.54) is 6.07 Å². The number of pyridine rings is 1. The molecule has 0 spiro atoms. The second-order valence-electron chi connectivity index (χ2n) is 4.27. The van der Waals surface area contributed by atoms with Crippen molar-refractivity contribution in [3.8, 4) is 0 Å². The highest BCUT2D eigenvalue weighted by Crippen LogP contribution is 2.23. The zero-order valence-corrected chi connectivity index (χ0v) is 9.87. The van der Waals surface area contributed by atoms with E-state index in [0.29, 0.717) is 13.2 Å². The van der Waals surface area contributed by atoms with Crippen LogP contribution in [0.25, 0.3) is 0 Å². The number of anilines is 1. The van der Waals surface area contributed by atoms with Crippen LogP contribution in [0.3, 0.4) is 0 Å². The summed E-state index contributed by atoms with van der Waals surface area (Å²) < 4.78 is 5.44. The molecule has 0 saturated carbocycles. The van der Waals surface area contributed by atoms with Crippen molar-refractivity contribution in [2.75, 3.05) is 18.1 Å². The lowest BCUT2D eigenvalue weighted by molar-refractivity contribution is -0.389. The Morgan fingerprint density at radius 1 is 1.41 bits per heavy atom. The van der Waals surface area contributed by atoms with Crippen molar-refractivity contribution >= 4 is 11.5 Å². The average molecular weight is 237 g/mol. The van der Waals surface area contributed by atoms with Crippen LogP contribution >= 0.6 is 0 Å². The molecule has 1 aliphatic heterocycles. The molecule has 0 radical (unpaired) electrons. The fourth-order valence-corrected chi connectivity index (χ4v) is 2.15. The Labute approximate surface area is 99.4 Å². The molecule has 1 aromatic heterocycles. The van der Waals surface area contributed by atoms with Crippen LogP contribution in [0.4, 0.5) is 11.5 Å². The Morgan fingerprint density at radius 2 is 2.06 bits per heavy atom. The van der Waals surface area contributed by atoms with Gasteiger partial charge in [0, 0.05) is 6.07 Å². The molecule has 2 heterocycles. The zero-order valence-electron chi connectivity index (χ0n) is 9.87. The lowest BCUT2D eigenvalue weighted by Gasteiger charge is -2.39. The predicted octanol–water partition coefficient (Wildman–Crippen LogP) is 1.60. The molecule has 0 aromatic carbocycles. The van der Waals surface area contributed by atoms with Crippen LogP contribution < -0.4 is 4.90 Å². The van der Waals surface area contributed by atoms with E-state index in [4.69, 9.17) is 4.74 Å². The fourth-order valence-electron chi connectivity index (χ4n) is 2.15. The highest BCUT2D eigenvalue weighted by Gasteiger charge is 2.26. The summed E-state index contributed by atoms with van der Waals surface area (Å²) in [7, 11) is 0. The van der Waals surface area contributed by atoms with Crippen molar-refractivity contribution in [3.63, 3.8) is 0 Å². The van der Waals surface area contributed by atoms with E-state index in [-0.39, 0.29) is 17.9 Å². The fraction of sp³-hybridized carbons (Fsp3) is 0.545. The van der Waals surface area contributed by atoms with Crippen molar-refractivity contribution in [1.82, 2.24) is 4.98 Å². The largest absolute Gasteiger partial charge is 0.377 e. The normalized spacial score (nSPS) is 24.7. The summed E-state index contributed by atoms with van der Waals surface area (Å²) in [5.41, 5.74) is 0.902. The van der Waals surface area contributed by atoms with Crippen LogP contribution in [0.5, 0.6) is 0 Å². The predicted molar refractivity (Wildman–Crippen MR) is 63.1 cm³/mol. The Hall–Kier alpha value is -1.69. The molecule has 0 N–H and O–H groups in total. The third-order valence-corrected chi connectivity index (χ3v) is 2.89. The zero-order chi connectivity index (χ0) is 12.4. The number of rotatable bonds is 2. The number of nitrogens with zero attached hydrogens (tertiary/aromatic N) is 3. The topological polar surface area (TPSA) is 68.5 Å². The number of aromatic nitrogens is 1. The van der Waals surface area contributed by atoms with Gasteiger partial charge in [0.05, 0.1) is 31.0 Å². The minimum atomic E-state index is -0.490. The first-order valence-electron chi connectivity index (χ1n) is 5.56. The summed E-state index contributed by atoms with van der Waals surface area (Å²) in [6.07, 6.45) is 1.55. The Morgan fingerprint density at radius 3 is 2.53 bits per heavy atom. The Kier molecular flexibility index (Phi) is 3.23. The molecule has 17 heavy (non-hydrogen) atoms. The summed E-state index contributed by atoms with van der Waals surface area (Å²) >= 11 is 0. The first kappa shape index (κ1) is 11.8. The number of nitro groups is 1. The minimum Gasteiger partial charge on any atom is -0.377 e. The van der Waals surface area contributed by atoms with Gasteiger partial charge in [-0.25, -0.2) is 0 Å². The maximum Gasteiger partial charge on any atom is 0.363 e. The molecule has 0 aliphatic carbocycles. The van der Waals surface area contributed by atoms with Crippen LogP contribution in [0.1, 0.15) is 13.8 Å². The van der Waals surface area contributed by atoms with Gasteiger partial charge in [-0.1, -0.05) is 0 Å². The van der Waals surface area contributed by atoms with E-state index < -0.39 is 4.92 Å². The van der Waals surface area contributed by atoms with Gasteiger partial charge in [0.2, 0.25) is 0 Å². The van der Waals surface area contributed by atoms with E-state index in [1.54, 1.807) is 12.3 Å². The number of hydrogen-bond donors (Lipinski definition) is 0. The van der Waals surface area contributed by atoms with Crippen LogP contribution in [0, 0.1) is 10.1 Å². The van der Waals surface area contributed by atoms with Gasteiger partial charge in [-0.05, 0) is 29.8 Å². The van der Waals surface area contributed by atoms with E-state index >= 15 is 0 Å². The Balaban J connectivity index is 2.23. The van der Waals surface area contributed by atoms with Crippen LogP contribution in [-0.4, -0.2) is 35.2 Å². The number of morpholine rings is 1. The molecule has 0 unspecified atom stereocenters. The SMILES string of the molecule is C[C@H]1COC[C@H](C)N1c1ccc([N+](=O)[O-])nc1. The molecule has 6 nitrogen and oxygen atoms in total. The highest BCUT2D eigenvalue weighted by molar-refractivity contribution is 5.48. The summed E-state index contributed by atoms with van der Waals surface area (Å²) in [5, 5.41) is 10.5. The van der Waals surface area contributed by atoms with Crippen LogP contribution in [0.2, 0.25) is 0 Å². The lowest BCUT2D eigenvalue weighted by Crippen LogP contribution is -2.49. The maximum absolute atomic E-state index is 10.5. The van der Waals surface area contributed by atoms with Crippen molar-refractivity contribution in [2.24, 2.45) is 0 Å². The molecule has 92 valence electrons. The second-order valence-corrected chi connectivity index (χ2v) is 4.27. The lowest BCUT2D eigenvalue weighted by atomic mass is 10.1. The van der Waals surface area contributed by atoms with Gasteiger partial charge < -0.3 is 19.8 Å². The van der Waals surface area contributed by atoms with Gasteiger partial charge in [-0.3, -0.25) is 0 Å². The van der Waals surface area contributed by atoms with Gasteiger partial charge in [0.25, 0.3) is 0 Å². The van der Waals surface area contributed by atoms with Gasteiger partial charge >= 0.3 is 5.82 Å². The van der Waals surface area contributed by atoms with Crippen LogP contribution in [-0.2, 0) is 4.74 Å². The molecular weight excluding hydrogens is 222 g/mol. The molecule has 6 heteroatoms. The van der Waals surface area contributed by atoms with E-state index in [0.717, 1.165) is 5.69 Å². The van der Waals surface area contributed by atoms with E-state index in [1.807, 2.05) is 0 Å². The number of hydrogen-bond acceptors (Lipinski definition) is 5. The van der Waals surface area contributed by atoms with Crippen molar-refractivity contribution in [3.05, 3.63) is 28.4 Å². The maximum atomic E-state index is 10.5. The third kappa shape index (κ3) is 2.36. The van der Waals surface area contributed by atoms with Crippen molar-refractivity contribution < 1.29 is 9.66 Å². The van der Waals surface area contributed by atoms with Gasteiger partial charge in [0.1, 0.15) is 0 Å². The standard InChI is InChI=1S/C11H15N3O3/c1-8-6-17-7-9(2)13(8)10-3-4-11(12-5-10)14(15)16/h3-5,8-9H,6-7H2,1-2H3/t8-,9-/m0/s1. The summed E-state index contributed by atoms with van der Waals surface area (Å²) in [5.74, 6) is -0.123. The minimum absolute atomic E-state index is 0.123. The van der Waals surface area contributed by atoms with Gasteiger partial charge in [-0.2, -0.15) is 0 Å². The molecule has 0 bridgehead atoms. The summed E-state index contributed by atoms with van der Waals surface area (Å²) in [6.45, 7) is 5.47. The van der Waals surface area contributed by atoms with Crippen molar-refractivity contribution in [2.45, 2.75) is 25.9 Å². The quantitative estimate of drug-likeness (QED) is 0.577. The molecule has 2 rings (SSSR count). The third-order valence-electron chi connectivity index (χ3n) is 2.89. The second kappa shape index (κ2) is 4.67. The first-order chi connectivity index (χ1) is 8.09.